The van der Waals surface area contributed by atoms with Gasteiger partial charge in [-0.3, -0.25) is 4.79 Å². The smallest absolute Gasteiger partial charge is 0.255 e. The lowest BCUT2D eigenvalue weighted by molar-refractivity contribution is 0.0948. The van der Waals surface area contributed by atoms with Crippen LogP contribution in [0, 0.1) is 0 Å². The number of carbonyl (C=O) groups is 1. The minimum Gasteiger partial charge on any atom is -0.496 e. The Balaban J connectivity index is 1.89. The average Bonchev–Trinajstić information content (AvgIpc) is 2.60. The molecule has 0 bridgehead atoms. The number of hydrogen-bond donors (Lipinski definition) is 1. The number of ether oxygens (including phenoxy) is 2. The fourth-order valence-corrected chi connectivity index (χ4v) is 2.34. The lowest BCUT2D eigenvalue weighted by Gasteiger charge is -2.12. The van der Waals surface area contributed by atoms with E-state index in [4.69, 9.17) is 21.1 Å². The maximum atomic E-state index is 12.3. The minimum absolute atomic E-state index is 0.208. The van der Waals surface area contributed by atoms with Crippen LogP contribution in [-0.4, -0.2) is 45.2 Å². The second-order valence-electron chi connectivity index (χ2n) is 5.82. The van der Waals surface area contributed by atoms with Crippen molar-refractivity contribution < 1.29 is 14.3 Å². The van der Waals surface area contributed by atoms with Crippen LogP contribution in [0.15, 0.2) is 42.5 Å². The van der Waals surface area contributed by atoms with Gasteiger partial charge in [0, 0.05) is 18.1 Å². The van der Waals surface area contributed by atoms with Crippen molar-refractivity contribution >= 4 is 17.5 Å². The molecule has 2 rings (SSSR count). The summed E-state index contributed by atoms with van der Waals surface area (Å²) in [5.74, 6) is 1.06. The van der Waals surface area contributed by atoms with E-state index in [1.54, 1.807) is 18.2 Å². The molecule has 0 radical (unpaired) electrons. The zero-order valence-electron chi connectivity index (χ0n) is 14.7. The van der Waals surface area contributed by atoms with Crippen molar-refractivity contribution in [2.45, 2.75) is 6.54 Å². The molecule has 0 aliphatic carbocycles. The number of hydrogen-bond acceptors (Lipinski definition) is 4. The number of nitrogens with one attached hydrogen (secondary N) is 1. The summed E-state index contributed by atoms with van der Waals surface area (Å²) in [7, 11) is 5.52. The van der Waals surface area contributed by atoms with Crippen molar-refractivity contribution in [1.82, 2.24) is 10.2 Å². The molecular weight excluding hydrogens is 340 g/mol. The van der Waals surface area contributed by atoms with Gasteiger partial charge in [-0.1, -0.05) is 23.7 Å². The highest BCUT2D eigenvalue weighted by Crippen LogP contribution is 2.23. The first-order chi connectivity index (χ1) is 12.0. The maximum Gasteiger partial charge on any atom is 0.255 e. The summed E-state index contributed by atoms with van der Waals surface area (Å²) in [5.41, 5.74) is 1.44. The van der Waals surface area contributed by atoms with Gasteiger partial charge in [0.1, 0.15) is 18.1 Å². The normalized spacial score (nSPS) is 10.6. The third-order valence-corrected chi connectivity index (χ3v) is 3.83. The zero-order valence-corrected chi connectivity index (χ0v) is 15.5. The third-order valence-electron chi connectivity index (χ3n) is 3.59. The van der Waals surface area contributed by atoms with Gasteiger partial charge in [0.2, 0.25) is 0 Å². The van der Waals surface area contributed by atoms with E-state index in [9.17, 15) is 4.79 Å². The van der Waals surface area contributed by atoms with E-state index < -0.39 is 0 Å². The van der Waals surface area contributed by atoms with Crippen LogP contribution in [-0.2, 0) is 6.54 Å². The number of likely N-dealkylation sites (N-methyl/N-ethyl adjacent to an activating group) is 1. The van der Waals surface area contributed by atoms with Crippen LogP contribution in [0.4, 0.5) is 0 Å². The monoisotopic (exact) mass is 362 g/mol. The van der Waals surface area contributed by atoms with Gasteiger partial charge in [-0.2, -0.15) is 0 Å². The van der Waals surface area contributed by atoms with Gasteiger partial charge in [-0.15, -0.1) is 0 Å². The zero-order chi connectivity index (χ0) is 18.2. The van der Waals surface area contributed by atoms with E-state index >= 15 is 0 Å². The lowest BCUT2D eigenvalue weighted by atomic mass is 10.1. The van der Waals surface area contributed by atoms with Crippen molar-refractivity contribution in [1.29, 1.82) is 0 Å². The van der Waals surface area contributed by atoms with E-state index in [-0.39, 0.29) is 5.91 Å². The van der Waals surface area contributed by atoms with Gasteiger partial charge in [0.25, 0.3) is 5.91 Å². The molecule has 2 aromatic carbocycles. The molecule has 0 atom stereocenters. The number of benzene rings is 2. The Hall–Kier alpha value is -2.24. The van der Waals surface area contributed by atoms with Crippen LogP contribution in [0.1, 0.15) is 15.9 Å². The van der Waals surface area contributed by atoms with Gasteiger partial charge in [-0.05, 0) is 50.0 Å². The van der Waals surface area contributed by atoms with Crippen molar-refractivity contribution in [2.24, 2.45) is 0 Å². The first-order valence-corrected chi connectivity index (χ1v) is 8.35. The summed E-state index contributed by atoms with van der Waals surface area (Å²) in [6.07, 6.45) is 0. The van der Waals surface area contributed by atoms with Crippen LogP contribution in [0.3, 0.4) is 0 Å². The molecule has 0 aromatic heterocycles. The van der Waals surface area contributed by atoms with Crippen molar-refractivity contribution in [2.75, 3.05) is 34.4 Å². The molecule has 2 aromatic rings. The van der Waals surface area contributed by atoms with Gasteiger partial charge < -0.3 is 19.7 Å². The average molecular weight is 363 g/mol. The highest BCUT2D eigenvalue weighted by Gasteiger charge is 2.12. The Labute approximate surface area is 153 Å². The Morgan fingerprint density at radius 2 is 1.88 bits per heavy atom. The first-order valence-electron chi connectivity index (χ1n) is 7.98. The fourth-order valence-electron chi connectivity index (χ4n) is 2.18. The molecule has 0 unspecified atom stereocenters. The van der Waals surface area contributed by atoms with Crippen LogP contribution < -0.4 is 14.8 Å². The Bertz CT molecular complexity index is 702. The van der Waals surface area contributed by atoms with Crippen LogP contribution in [0.25, 0.3) is 0 Å². The standard InChI is InChI=1S/C19H23ClN2O3/c1-22(2)10-11-25-16-7-4-14(5-8-16)13-21-19(23)17-9-6-15(20)12-18(17)24-3/h4-9,12H,10-11,13H2,1-3H3,(H,21,23). The van der Waals surface area contributed by atoms with Gasteiger partial charge in [0.05, 0.1) is 12.7 Å². The second-order valence-corrected chi connectivity index (χ2v) is 6.26. The number of rotatable bonds is 8. The molecule has 6 heteroatoms. The lowest BCUT2D eigenvalue weighted by Crippen LogP contribution is -2.23. The van der Waals surface area contributed by atoms with E-state index in [0.717, 1.165) is 17.9 Å². The SMILES string of the molecule is COc1cc(Cl)ccc1C(=O)NCc1ccc(OCCN(C)C)cc1. The largest absolute Gasteiger partial charge is 0.496 e. The van der Waals surface area contributed by atoms with Crippen molar-refractivity contribution in [3.05, 3.63) is 58.6 Å². The molecule has 1 amide bonds. The Morgan fingerprint density at radius 3 is 2.52 bits per heavy atom. The Kier molecular flexibility index (Phi) is 7.10. The quantitative estimate of drug-likeness (QED) is 0.783. The maximum absolute atomic E-state index is 12.3. The van der Waals surface area contributed by atoms with E-state index in [0.29, 0.717) is 29.5 Å². The second kappa shape index (κ2) is 9.30. The van der Waals surface area contributed by atoms with Gasteiger partial charge >= 0.3 is 0 Å². The molecule has 0 saturated heterocycles. The number of methoxy groups -OCH3 is 1. The molecule has 0 spiro atoms. The third kappa shape index (κ3) is 5.96. The molecule has 0 aliphatic rings. The molecule has 25 heavy (non-hydrogen) atoms. The molecule has 5 nitrogen and oxygen atoms in total. The predicted molar refractivity (Wildman–Crippen MR) is 99.7 cm³/mol. The molecule has 0 aliphatic heterocycles. The summed E-state index contributed by atoms with van der Waals surface area (Å²) >= 11 is 5.92. The van der Waals surface area contributed by atoms with Crippen molar-refractivity contribution in [3.8, 4) is 11.5 Å². The van der Waals surface area contributed by atoms with E-state index in [1.165, 1.54) is 7.11 Å². The van der Waals surface area contributed by atoms with Crippen LogP contribution >= 0.6 is 11.6 Å². The van der Waals surface area contributed by atoms with Gasteiger partial charge in [-0.25, -0.2) is 0 Å². The fraction of sp³-hybridized carbons (Fsp3) is 0.316. The molecule has 134 valence electrons. The highest BCUT2D eigenvalue weighted by molar-refractivity contribution is 6.30. The topological polar surface area (TPSA) is 50.8 Å². The first kappa shape index (κ1) is 19.1. The molecule has 1 N–H and O–H groups in total. The summed E-state index contributed by atoms with van der Waals surface area (Å²) in [6.45, 7) is 1.92. The number of carbonyl (C=O) groups excluding carboxylic acids is 1. The predicted octanol–water partition coefficient (Wildman–Crippen LogP) is 3.22. The summed E-state index contributed by atoms with van der Waals surface area (Å²) < 4.78 is 10.9. The molecular formula is C19H23ClN2O3. The summed E-state index contributed by atoms with van der Waals surface area (Å²) in [4.78, 5) is 14.4. The van der Waals surface area contributed by atoms with Crippen LogP contribution in [0.5, 0.6) is 11.5 Å². The number of nitrogens with zero attached hydrogens (tertiary/aromatic N) is 1. The number of amides is 1. The number of halogens is 1. The summed E-state index contributed by atoms with van der Waals surface area (Å²) in [6, 6.07) is 12.6. The van der Waals surface area contributed by atoms with E-state index in [1.807, 2.05) is 38.4 Å². The van der Waals surface area contributed by atoms with E-state index in [2.05, 4.69) is 10.2 Å². The Morgan fingerprint density at radius 1 is 1.16 bits per heavy atom. The van der Waals surface area contributed by atoms with Crippen molar-refractivity contribution in [3.63, 3.8) is 0 Å². The molecule has 0 saturated carbocycles. The van der Waals surface area contributed by atoms with Crippen LogP contribution in [0.2, 0.25) is 5.02 Å². The summed E-state index contributed by atoms with van der Waals surface area (Å²) in [5, 5.41) is 3.40. The highest BCUT2D eigenvalue weighted by atomic mass is 35.5. The molecule has 0 fully saturated rings. The van der Waals surface area contributed by atoms with Gasteiger partial charge in [0.15, 0.2) is 0 Å². The minimum atomic E-state index is -0.208. The molecule has 0 heterocycles.